The van der Waals surface area contributed by atoms with Crippen molar-refractivity contribution in [2.24, 2.45) is 0 Å². The van der Waals surface area contributed by atoms with Gasteiger partial charge >= 0.3 is 0 Å². The molecule has 2 atom stereocenters. The molecule has 2 heterocycles. The van der Waals surface area contributed by atoms with Gasteiger partial charge in [-0.05, 0) is 32.7 Å². The molecule has 2 rings (SSSR count). The molecule has 0 aromatic carbocycles. The number of rotatable bonds is 2. The maximum absolute atomic E-state index is 11.8. The van der Waals surface area contributed by atoms with Crippen molar-refractivity contribution in [2.45, 2.75) is 37.8 Å². The largest absolute Gasteiger partial charge is 0.349 e. The van der Waals surface area contributed by atoms with E-state index in [4.69, 9.17) is 0 Å². The van der Waals surface area contributed by atoms with Crippen LogP contribution in [0.3, 0.4) is 0 Å². The zero-order chi connectivity index (χ0) is 11.8. The summed E-state index contributed by atoms with van der Waals surface area (Å²) in [5, 5.41) is 5.98. The zero-order valence-electron chi connectivity index (χ0n) is 9.45. The third-order valence-electron chi connectivity index (χ3n) is 3.31. The van der Waals surface area contributed by atoms with Crippen LogP contribution < -0.4 is 10.6 Å². The van der Waals surface area contributed by atoms with E-state index < -0.39 is 15.4 Å². The van der Waals surface area contributed by atoms with Crippen molar-refractivity contribution in [2.75, 3.05) is 18.1 Å². The van der Waals surface area contributed by atoms with E-state index in [-0.39, 0.29) is 23.5 Å². The van der Waals surface area contributed by atoms with Crippen molar-refractivity contribution in [1.82, 2.24) is 10.6 Å². The van der Waals surface area contributed by atoms with Crippen molar-refractivity contribution in [3.63, 3.8) is 0 Å². The molecule has 5 nitrogen and oxygen atoms in total. The number of carbonyl (C=O) groups excluding carboxylic acids is 1. The van der Waals surface area contributed by atoms with Crippen LogP contribution in [0.4, 0.5) is 0 Å². The van der Waals surface area contributed by atoms with Crippen molar-refractivity contribution in [3.05, 3.63) is 0 Å². The Kier molecular flexibility index (Phi) is 2.96. The van der Waals surface area contributed by atoms with Crippen LogP contribution >= 0.6 is 0 Å². The number of sulfone groups is 1. The van der Waals surface area contributed by atoms with Crippen LogP contribution in [0.25, 0.3) is 0 Å². The molecule has 0 saturated carbocycles. The minimum Gasteiger partial charge on any atom is -0.349 e. The Morgan fingerprint density at radius 1 is 1.50 bits per heavy atom. The van der Waals surface area contributed by atoms with Gasteiger partial charge in [0, 0.05) is 0 Å². The van der Waals surface area contributed by atoms with Crippen LogP contribution in [-0.2, 0) is 14.6 Å². The summed E-state index contributed by atoms with van der Waals surface area (Å²) in [6.07, 6.45) is 2.37. The van der Waals surface area contributed by atoms with Crippen LogP contribution in [-0.4, -0.2) is 44.0 Å². The van der Waals surface area contributed by atoms with Gasteiger partial charge in [0.15, 0.2) is 9.84 Å². The molecule has 0 spiro atoms. The lowest BCUT2D eigenvalue weighted by Gasteiger charge is -2.25. The molecule has 2 N–H and O–H groups in total. The van der Waals surface area contributed by atoms with Gasteiger partial charge in [-0.25, -0.2) is 8.42 Å². The van der Waals surface area contributed by atoms with E-state index >= 15 is 0 Å². The Balaban J connectivity index is 1.96. The molecule has 0 aliphatic carbocycles. The fraction of sp³-hybridized carbons (Fsp3) is 0.900. The smallest absolute Gasteiger partial charge is 0.237 e. The summed E-state index contributed by atoms with van der Waals surface area (Å²) in [5.74, 6) is 0.192. The van der Waals surface area contributed by atoms with Gasteiger partial charge in [0.05, 0.1) is 23.1 Å². The minimum absolute atomic E-state index is 0.0582. The van der Waals surface area contributed by atoms with E-state index in [0.29, 0.717) is 6.42 Å². The molecule has 1 unspecified atom stereocenters. The fourth-order valence-electron chi connectivity index (χ4n) is 2.40. The number of hydrogen-bond acceptors (Lipinski definition) is 4. The van der Waals surface area contributed by atoms with E-state index in [1.807, 2.05) is 6.92 Å². The van der Waals surface area contributed by atoms with Crippen LogP contribution in [0.1, 0.15) is 26.2 Å². The predicted molar refractivity (Wildman–Crippen MR) is 60.8 cm³/mol. The Hall–Kier alpha value is -0.620. The summed E-state index contributed by atoms with van der Waals surface area (Å²) < 4.78 is 22.8. The van der Waals surface area contributed by atoms with Crippen molar-refractivity contribution < 1.29 is 13.2 Å². The highest BCUT2D eigenvalue weighted by molar-refractivity contribution is 7.91. The molecular weight excluding hydrogens is 228 g/mol. The fourth-order valence-corrected chi connectivity index (χ4v) is 4.50. The lowest BCUT2D eigenvalue weighted by Crippen LogP contribution is -2.52. The Morgan fingerprint density at radius 3 is 2.75 bits per heavy atom. The predicted octanol–water partition coefficient (Wildman–Crippen LogP) is -0.568. The second kappa shape index (κ2) is 4.00. The highest BCUT2D eigenvalue weighted by atomic mass is 32.2. The van der Waals surface area contributed by atoms with E-state index in [0.717, 1.165) is 19.4 Å². The molecule has 2 aliphatic heterocycles. The molecular formula is C10H18N2O3S. The molecule has 0 aromatic heterocycles. The maximum atomic E-state index is 11.8. The van der Waals surface area contributed by atoms with Crippen LogP contribution in [0.15, 0.2) is 0 Å². The third-order valence-corrected chi connectivity index (χ3v) is 5.21. The summed E-state index contributed by atoms with van der Waals surface area (Å²) in [6.45, 7) is 2.68. The first-order chi connectivity index (χ1) is 7.40. The van der Waals surface area contributed by atoms with Gasteiger partial charge in [-0.2, -0.15) is 0 Å². The van der Waals surface area contributed by atoms with E-state index in [9.17, 15) is 13.2 Å². The van der Waals surface area contributed by atoms with Crippen molar-refractivity contribution >= 4 is 15.7 Å². The lowest BCUT2D eigenvalue weighted by molar-refractivity contribution is -0.124. The van der Waals surface area contributed by atoms with E-state index in [2.05, 4.69) is 10.6 Å². The Morgan fingerprint density at radius 2 is 2.25 bits per heavy atom. The zero-order valence-corrected chi connectivity index (χ0v) is 10.3. The minimum atomic E-state index is -2.96. The third kappa shape index (κ3) is 2.55. The van der Waals surface area contributed by atoms with E-state index in [1.165, 1.54) is 0 Å². The van der Waals surface area contributed by atoms with Gasteiger partial charge in [0.1, 0.15) is 0 Å². The second-order valence-electron chi connectivity index (χ2n) is 5.04. The standard InChI is InChI=1S/C10H18N2O3S/c1-10(4-6-16(14,15)7-10)12-9(13)8-3-2-5-11-8/h8,11H,2-7H2,1H3,(H,12,13)/t8-,10?/m1/s1. The normalized spacial score (nSPS) is 37.4. The molecule has 0 bridgehead atoms. The van der Waals surface area contributed by atoms with Gasteiger partial charge in [-0.3, -0.25) is 4.79 Å². The lowest BCUT2D eigenvalue weighted by atomic mass is 10.0. The molecule has 6 heteroatoms. The number of nitrogens with one attached hydrogen (secondary N) is 2. The number of amides is 1. The molecule has 0 radical (unpaired) electrons. The average molecular weight is 246 g/mol. The highest BCUT2D eigenvalue weighted by Gasteiger charge is 2.40. The van der Waals surface area contributed by atoms with Crippen molar-refractivity contribution in [3.8, 4) is 0 Å². The summed E-state index contributed by atoms with van der Waals surface area (Å²) in [4.78, 5) is 11.8. The summed E-state index contributed by atoms with van der Waals surface area (Å²) in [6, 6.07) is -0.139. The van der Waals surface area contributed by atoms with Gasteiger partial charge in [0.25, 0.3) is 0 Å². The van der Waals surface area contributed by atoms with Gasteiger partial charge in [-0.15, -0.1) is 0 Å². The average Bonchev–Trinajstić information content (AvgIpc) is 2.73. The van der Waals surface area contributed by atoms with Gasteiger partial charge < -0.3 is 10.6 Å². The first-order valence-electron chi connectivity index (χ1n) is 5.66. The summed E-state index contributed by atoms with van der Waals surface area (Å²) in [5.41, 5.74) is -0.569. The topological polar surface area (TPSA) is 75.3 Å². The highest BCUT2D eigenvalue weighted by Crippen LogP contribution is 2.23. The van der Waals surface area contributed by atoms with Crippen LogP contribution in [0, 0.1) is 0 Å². The number of carbonyl (C=O) groups is 1. The molecule has 2 aliphatic rings. The van der Waals surface area contributed by atoms with E-state index in [1.54, 1.807) is 0 Å². The first-order valence-corrected chi connectivity index (χ1v) is 7.48. The molecule has 2 fully saturated rings. The van der Waals surface area contributed by atoms with Crippen molar-refractivity contribution in [1.29, 1.82) is 0 Å². The van der Waals surface area contributed by atoms with Gasteiger partial charge in [-0.1, -0.05) is 0 Å². The first kappa shape index (κ1) is 11.9. The van der Waals surface area contributed by atoms with Gasteiger partial charge in [0.2, 0.25) is 5.91 Å². The molecule has 16 heavy (non-hydrogen) atoms. The molecule has 92 valence electrons. The maximum Gasteiger partial charge on any atom is 0.237 e. The van der Waals surface area contributed by atoms with Crippen LogP contribution in [0.2, 0.25) is 0 Å². The molecule has 0 aromatic rings. The number of hydrogen-bond donors (Lipinski definition) is 2. The van der Waals surface area contributed by atoms with Crippen LogP contribution in [0.5, 0.6) is 0 Å². The SMILES string of the molecule is CC1(NC(=O)[C@H]2CCCN2)CCS(=O)(=O)C1. The summed E-state index contributed by atoms with van der Waals surface area (Å²) >= 11 is 0. The molecule has 2 saturated heterocycles. The summed E-state index contributed by atoms with van der Waals surface area (Å²) in [7, 11) is -2.96. The molecule has 1 amide bonds. The second-order valence-corrected chi connectivity index (χ2v) is 7.22. The monoisotopic (exact) mass is 246 g/mol. The quantitative estimate of drug-likeness (QED) is 0.684. The Bertz CT molecular complexity index is 387. The Labute approximate surface area is 95.9 Å².